The summed E-state index contributed by atoms with van der Waals surface area (Å²) in [6.07, 6.45) is 3.14. The Morgan fingerprint density at radius 3 is 2.75 bits per heavy atom. The molecule has 0 spiro atoms. The van der Waals surface area contributed by atoms with Crippen molar-refractivity contribution in [3.8, 4) is 0 Å². The molecule has 1 heterocycles. The van der Waals surface area contributed by atoms with Crippen LogP contribution in [-0.4, -0.2) is 57.3 Å². The van der Waals surface area contributed by atoms with Gasteiger partial charge in [-0.2, -0.15) is 0 Å². The van der Waals surface area contributed by atoms with E-state index in [1.165, 1.54) is 5.01 Å². The first kappa shape index (κ1) is 12.0. The van der Waals surface area contributed by atoms with Gasteiger partial charge in [0, 0.05) is 0 Å². The van der Waals surface area contributed by atoms with E-state index in [1.54, 1.807) is 0 Å². The molecule has 5 nitrogen and oxygen atoms in total. The van der Waals surface area contributed by atoms with Crippen LogP contribution in [0.4, 0.5) is 0 Å². The quantitative estimate of drug-likeness (QED) is 0.278. The van der Waals surface area contributed by atoms with Crippen LogP contribution in [0.5, 0.6) is 0 Å². The fraction of sp³-hybridized carbons (Fsp3) is 1.00. The minimum absolute atomic E-state index is 0. The van der Waals surface area contributed by atoms with Gasteiger partial charge in [0.1, 0.15) is 0 Å². The Morgan fingerprint density at radius 1 is 1.58 bits per heavy atom. The summed E-state index contributed by atoms with van der Waals surface area (Å²) in [5.41, 5.74) is 0. The molecule has 0 aliphatic carbocycles. The Bertz CT molecular complexity index is 165. The van der Waals surface area contributed by atoms with Crippen LogP contribution in [0.1, 0.15) is 26.2 Å². The average molecular weight is 183 g/mol. The van der Waals surface area contributed by atoms with Crippen molar-refractivity contribution in [2.24, 2.45) is 5.28 Å². The van der Waals surface area contributed by atoms with Crippen molar-refractivity contribution >= 4 is 29.6 Å². The summed E-state index contributed by atoms with van der Waals surface area (Å²) in [5, 5.41) is 23.1. The topological polar surface area (TPSA) is 61.9 Å². The van der Waals surface area contributed by atoms with E-state index in [0.717, 1.165) is 19.3 Å². The van der Waals surface area contributed by atoms with Gasteiger partial charge in [0.2, 0.25) is 5.28 Å². The van der Waals surface area contributed by atoms with Crippen LogP contribution >= 0.6 is 0 Å². The van der Waals surface area contributed by atoms with Gasteiger partial charge in [0.15, 0.2) is 0 Å². The van der Waals surface area contributed by atoms with E-state index in [0.29, 0.717) is 6.54 Å². The number of rotatable bonds is 1. The van der Waals surface area contributed by atoms with E-state index in [4.69, 9.17) is 5.21 Å². The fourth-order valence-electron chi connectivity index (χ4n) is 1.39. The van der Waals surface area contributed by atoms with Crippen LogP contribution in [0.3, 0.4) is 0 Å². The number of nitrogens with zero attached hydrogens (tertiary/aromatic N) is 3. The fourth-order valence-corrected chi connectivity index (χ4v) is 1.39. The van der Waals surface area contributed by atoms with E-state index in [-0.39, 0.29) is 40.6 Å². The van der Waals surface area contributed by atoms with Crippen LogP contribution in [0.25, 0.3) is 0 Å². The number of piperidine rings is 1. The summed E-state index contributed by atoms with van der Waals surface area (Å²) in [6, 6.07) is 0.192. The van der Waals surface area contributed by atoms with E-state index in [2.05, 4.69) is 5.28 Å². The summed E-state index contributed by atoms with van der Waals surface area (Å²) in [4.78, 5) is 0.268. The maximum atomic E-state index is 10.8. The second-order valence-electron chi connectivity index (χ2n) is 2.85. The summed E-state index contributed by atoms with van der Waals surface area (Å²) >= 11 is 0. The van der Waals surface area contributed by atoms with Crippen molar-refractivity contribution in [2.45, 2.75) is 32.2 Å². The Balaban J connectivity index is 0.00000121. The van der Waals surface area contributed by atoms with Gasteiger partial charge in [-0.1, -0.05) is 0 Å². The van der Waals surface area contributed by atoms with Crippen molar-refractivity contribution in [2.75, 3.05) is 6.54 Å². The van der Waals surface area contributed by atoms with Crippen LogP contribution < -0.4 is 0 Å². The standard InChI is InChI=1S/C6H13N3O2.Na.H/c1-6-4-2-3-5-8(6)9(11)7-10;;/h6,10H,2-5H2,1H3;;. The molecule has 1 unspecified atom stereocenters. The molecule has 1 saturated heterocycles. The SMILES string of the molecule is CC1CCCCN1[N+]([O-])=NO.[NaH]. The molecule has 1 atom stereocenters. The van der Waals surface area contributed by atoms with E-state index < -0.39 is 0 Å². The Labute approximate surface area is 93.9 Å². The summed E-state index contributed by atoms with van der Waals surface area (Å²) in [7, 11) is 0. The van der Waals surface area contributed by atoms with Crippen molar-refractivity contribution < 1.29 is 10.2 Å². The molecule has 12 heavy (non-hydrogen) atoms. The van der Waals surface area contributed by atoms with Crippen LogP contribution in [0.2, 0.25) is 0 Å². The molecule has 0 saturated carbocycles. The number of hydrogen-bond donors (Lipinski definition) is 1. The third kappa shape index (κ3) is 2.80. The maximum absolute atomic E-state index is 10.8. The molecule has 0 bridgehead atoms. The van der Waals surface area contributed by atoms with Gasteiger partial charge in [-0.05, 0) is 26.2 Å². The predicted molar refractivity (Wildman–Crippen MR) is 45.0 cm³/mol. The van der Waals surface area contributed by atoms with Crippen molar-refractivity contribution in [1.29, 1.82) is 0 Å². The van der Waals surface area contributed by atoms with Crippen molar-refractivity contribution in [1.82, 2.24) is 5.01 Å². The third-order valence-corrected chi connectivity index (χ3v) is 2.06. The second kappa shape index (κ2) is 5.61. The zero-order valence-corrected chi connectivity index (χ0v) is 6.60. The van der Waals surface area contributed by atoms with Gasteiger partial charge in [-0.15, -0.1) is 5.01 Å². The molecule has 6 heteroatoms. The molecule has 1 fully saturated rings. The minimum atomic E-state index is 0. The zero-order valence-electron chi connectivity index (χ0n) is 6.60. The summed E-state index contributed by atoms with van der Waals surface area (Å²) in [6.45, 7) is 2.64. The molecular formula is C6H14N3NaO2. The first-order valence-corrected chi connectivity index (χ1v) is 3.84. The van der Waals surface area contributed by atoms with E-state index >= 15 is 0 Å². The van der Waals surface area contributed by atoms with Gasteiger partial charge in [0.25, 0.3) is 0 Å². The monoisotopic (exact) mass is 183 g/mol. The Kier molecular flexibility index (Phi) is 5.61. The molecule has 0 aromatic heterocycles. The van der Waals surface area contributed by atoms with Gasteiger partial charge >= 0.3 is 29.6 Å². The summed E-state index contributed by atoms with van der Waals surface area (Å²) < 4.78 is 0. The van der Waals surface area contributed by atoms with Crippen LogP contribution in [-0.2, 0) is 0 Å². The average Bonchev–Trinajstić information content (AvgIpc) is 2.04. The normalized spacial score (nSPS) is 24.9. The van der Waals surface area contributed by atoms with Gasteiger partial charge in [0.05, 0.1) is 17.6 Å². The summed E-state index contributed by atoms with van der Waals surface area (Å²) in [5.74, 6) is 0. The molecule has 0 amide bonds. The molecule has 1 N–H and O–H groups in total. The molecule has 1 aliphatic rings. The number of hydrazine groups is 1. The molecule has 66 valence electrons. The predicted octanol–water partition coefficient (Wildman–Crippen LogP) is 0.479. The molecule has 0 aromatic rings. The molecular weight excluding hydrogens is 169 g/mol. The van der Waals surface area contributed by atoms with E-state index in [1.807, 2.05) is 6.92 Å². The zero-order chi connectivity index (χ0) is 8.27. The second-order valence-corrected chi connectivity index (χ2v) is 2.85. The van der Waals surface area contributed by atoms with Crippen LogP contribution in [0.15, 0.2) is 5.28 Å². The first-order valence-electron chi connectivity index (χ1n) is 3.84. The van der Waals surface area contributed by atoms with Gasteiger partial charge in [-0.25, -0.2) is 0 Å². The van der Waals surface area contributed by atoms with Crippen LogP contribution in [0, 0.1) is 5.21 Å². The third-order valence-electron chi connectivity index (χ3n) is 2.06. The van der Waals surface area contributed by atoms with Gasteiger partial charge < -0.3 is 10.4 Å². The van der Waals surface area contributed by atoms with E-state index in [9.17, 15) is 5.21 Å². The Morgan fingerprint density at radius 2 is 2.25 bits per heavy atom. The number of hydrogen-bond acceptors (Lipinski definition) is 2. The first-order chi connectivity index (χ1) is 5.25. The molecule has 0 aromatic carbocycles. The van der Waals surface area contributed by atoms with Crippen molar-refractivity contribution in [3.05, 3.63) is 5.21 Å². The molecule has 0 radical (unpaired) electrons. The molecule has 1 rings (SSSR count). The Hall–Kier alpha value is 0. The van der Waals surface area contributed by atoms with Gasteiger partial charge in [-0.3, -0.25) is 0 Å². The molecule has 1 aliphatic heterocycles. The van der Waals surface area contributed by atoms with Crippen molar-refractivity contribution in [3.63, 3.8) is 0 Å².